The predicted molar refractivity (Wildman–Crippen MR) is 98.0 cm³/mol. The highest BCUT2D eigenvalue weighted by Gasteiger charge is 2.48. The number of phenolic OH excluding ortho intramolecular Hbond substituents is 1. The average molecular weight is 368 g/mol. The third-order valence-electron chi connectivity index (χ3n) is 4.34. The lowest BCUT2D eigenvalue weighted by Crippen LogP contribution is -2.43. The van der Waals surface area contributed by atoms with E-state index >= 15 is 0 Å². The summed E-state index contributed by atoms with van der Waals surface area (Å²) in [7, 11) is 0. The van der Waals surface area contributed by atoms with Gasteiger partial charge in [-0.2, -0.15) is 10.1 Å². The Labute approximate surface area is 156 Å². The van der Waals surface area contributed by atoms with Crippen LogP contribution in [0.15, 0.2) is 53.6 Å². The molecule has 2 aromatic rings. The number of carbonyl (C=O) groups is 2. The maximum Gasteiger partial charge on any atom is 0.354 e. The highest BCUT2D eigenvalue weighted by atomic mass is 16.5. The first-order chi connectivity index (χ1) is 12.9. The summed E-state index contributed by atoms with van der Waals surface area (Å²) in [5.41, 5.74) is -0.583. The van der Waals surface area contributed by atoms with Crippen LogP contribution in [0, 0.1) is 6.92 Å². The number of para-hydroxylation sites is 1. The number of hydrogen-bond acceptors (Lipinski definition) is 6. The Hall–Kier alpha value is -3.19. The van der Waals surface area contributed by atoms with Crippen LogP contribution in [-0.2, 0) is 15.3 Å². The fraction of sp³-hybridized carbons (Fsp3) is 0.250. The summed E-state index contributed by atoms with van der Waals surface area (Å²) >= 11 is 0. The maximum absolute atomic E-state index is 13.0. The smallest absolute Gasteiger partial charge is 0.354 e. The minimum Gasteiger partial charge on any atom is -0.507 e. The van der Waals surface area contributed by atoms with Crippen LogP contribution in [0.1, 0.15) is 34.8 Å². The molecule has 140 valence electrons. The quantitative estimate of drug-likeness (QED) is 0.807. The number of hydrogen-bond donors (Lipinski definition) is 2. The number of aromatic hydroxyl groups is 1. The molecule has 27 heavy (non-hydrogen) atoms. The van der Waals surface area contributed by atoms with Crippen molar-refractivity contribution in [3.8, 4) is 5.75 Å². The van der Waals surface area contributed by atoms with Gasteiger partial charge in [0.25, 0.3) is 5.91 Å². The van der Waals surface area contributed by atoms with Crippen LogP contribution in [-0.4, -0.2) is 39.4 Å². The van der Waals surface area contributed by atoms with E-state index in [9.17, 15) is 19.8 Å². The van der Waals surface area contributed by atoms with E-state index in [0.717, 1.165) is 10.6 Å². The van der Waals surface area contributed by atoms with E-state index in [2.05, 4.69) is 5.10 Å². The molecular weight excluding hydrogens is 348 g/mol. The topological polar surface area (TPSA) is 99.4 Å². The lowest BCUT2D eigenvalue weighted by atomic mass is 9.96. The Balaban J connectivity index is 2.06. The number of amides is 1. The van der Waals surface area contributed by atoms with Crippen LogP contribution in [0.25, 0.3) is 0 Å². The Morgan fingerprint density at radius 2 is 1.85 bits per heavy atom. The molecule has 7 heteroatoms. The van der Waals surface area contributed by atoms with Gasteiger partial charge in [-0.15, -0.1) is 0 Å². The lowest BCUT2D eigenvalue weighted by molar-refractivity contribution is -0.135. The summed E-state index contributed by atoms with van der Waals surface area (Å²) in [6.07, 6.45) is -0.214. The maximum atomic E-state index is 13.0. The normalized spacial score (nSPS) is 18.9. The molecule has 1 aliphatic heterocycles. The monoisotopic (exact) mass is 368 g/mol. The molecule has 0 saturated heterocycles. The number of aliphatic hydroxyl groups is 1. The summed E-state index contributed by atoms with van der Waals surface area (Å²) in [5.74, 6) is -1.67. The molecule has 0 bridgehead atoms. The molecule has 1 aliphatic rings. The van der Waals surface area contributed by atoms with E-state index < -0.39 is 17.6 Å². The van der Waals surface area contributed by atoms with Gasteiger partial charge in [0.1, 0.15) is 5.75 Å². The van der Waals surface area contributed by atoms with E-state index in [1.54, 1.807) is 43.3 Å². The first-order valence-corrected chi connectivity index (χ1v) is 8.53. The van der Waals surface area contributed by atoms with E-state index in [0.29, 0.717) is 5.56 Å². The fourth-order valence-electron chi connectivity index (χ4n) is 2.90. The SMILES string of the molecule is CCOC(=O)C1=NN(C(=O)c2ccccc2O)[C@@](O)(c2ccc(C)cc2)C1. The molecule has 0 radical (unpaired) electrons. The fourth-order valence-corrected chi connectivity index (χ4v) is 2.90. The van der Waals surface area contributed by atoms with Crippen LogP contribution in [0.4, 0.5) is 0 Å². The average Bonchev–Trinajstić information content (AvgIpc) is 3.01. The van der Waals surface area contributed by atoms with Gasteiger partial charge >= 0.3 is 5.97 Å². The van der Waals surface area contributed by atoms with Crippen molar-refractivity contribution in [3.63, 3.8) is 0 Å². The number of aryl methyl sites for hydroxylation is 1. The van der Waals surface area contributed by atoms with Crippen LogP contribution < -0.4 is 0 Å². The largest absolute Gasteiger partial charge is 0.507 e. The molecule has 0 spiro atoms. The zero-order valence-corrected chi connectivity index (χ0v) is 15.0. The number of benzene rings is 2. The zero-order chi connectivity index (χ0) is 19.6. The second-order valence-electron chi connectivity index (χ2n) is 6.26. The van der Waals surface area contributed by atoms with E-state index in [1.807, 2.05) is 6.92 Å². The highest BCUT2D eigenvalue weighted by Crippen LogP contribution is 2.37. The number of hydrazone groups is 1. The van der Waals surface area contributed by atoms with Gasteiger partial charge in [-0.1, -0.05) is 42.0 Å². The number of ether oxygens (including phenoxy) is 1. The Bertz CT molecular complexity index is 907. The van der Waals surface area contributed by atoms with Gasteiger partial charge in [0.2, 0.25) is 0 Å². The Kier molecular flexibility index (Phi) is 4.96. The van der Waals surface area contributed by atoms with Gasteiger partial charge < -0.3 is 14.9 Å². The van der Waals surface area contributed by atoms with Crippen molar-refractivity contribution in [2.75, 3.05) is 6.61 Å². The van der Waals surface area contributed by atoms with E-state index in [1.165, 1.54) is 12.1 Å². The summed E-state index contributed by atoms with van der Waals surface area (Å²) in [6.45, 7) is 3.70. The van der Waals surface area contributed by atoms with Crippen molar-refractivity contribution in [2.24, 2.45) is 5.10 Å². The summed E-state index contributed by atoms with van der Waals surface area (Å²) in [5, 5.41) is 26.2. The van der Waals surface area contributed by atoms with Crippen molar-refractivity contribution in [3.05, 3.63) is 65.2 Å². The Morgan fingerprint density at radius 3 is 2.48 bits per heavy atom. The Morgan fingerprint density at radius 1 is 1.19 bits per heavy atom. The molecular formula is C20H20N2O5. The first-order valence-electron chi connectivity index (χ1n) is 8.53. The van der Waals surface area contributed by atoms with Crippen LogP contribution in [0.5, 0.6) is 5.75 Å². The lowest BCUT2D eigenvalue weighted by Gasteiger charge is -2.31. The molecule has 1 atom stereocenters. The number of carbonyl (C=O) groups excluding carboxylic acids is 2. The number of phenols is 1. The summed E-state index contributed by atoms with van der Waals surface area (Å²) < 4.78 is 4.96. The number of rotatable bonds is 4. The molecule has 1 amide bonds. The minimum absolute atomic E-state index is 0.0307. The van der Waals surface area contributed by atoms with Gasteiger partial charge in [-0.05, 0) is 26.0 Å². The van der Waals surface area contributed by atoms with Crippen molar-refractivity contribution in [2.45, 2.75) is 26.0 Å². The molecule has 0 saturated carbocycles. The van der Waals surface area contributed by atoms with Crippen LogP contribution in [0.3, 0.4) is 0 Å². The zero-order valence-electron chi connectivity index (χ0n) is 15.0. The predicted octanol–water partition coefficient (Wildman–Crippen LogP) is 2.31. The third kappa shape index (κ3) is 3.41. The van der Waals surface area contributed by atoms with E-state index in [-0.39, 0.29) is 30.1 Å². The molecule has 7 nitrogen and oxygen atoms in total. The van der Waals surface area contributed by atoms with Gasteiger partial charge in [-0.3, -0.25) is 4.79 Å². The summed E-state index contributed by atoms with van der Waals surface area (Å²) in [4.78, 5) is 25.1. The van der Waals surface area contributed by atoms with Gasteiger partial charge in [0.15, 0.2) is 11.4 Å². The van der Waals surface area contributed by atoms with Gasteiger partial charge in [0.05, 0.1) is 18.6 Å². The highest BCUT2D eigenvalue weighted by molar-refractivity contribution is 6.37. The molecule has 0 unspecified atom stereocenters. The van der Waals surface area contributed by atoms with Crippen molar-refractivity contribution >= 4 is 17.6 Å². The summed E-state index contributed by atoms with van der Waals surface area (Å²) in [6, 6.07) is 12.9. The molecule has 2 N–H and O–H groups in total. The standard InChI is InChI=1S/C20H20N2O5/c1-3-27-19(25)16-12-20(26,14-10-8-13(2)9-11-14)22(21-16)18(24)15-6-4-5-7-17(15)23/h4-11,23,26H,3,12H2,1-2H3/t20-/m0/s1. The van der Waals surface area contributed by atoms with Crippen molar-refractivity contribution < 1.29 is 24.5 Å². The third-order valence-corrected chi connectivity index (χ3v) is 4.34. The number of esters is 1. The van der Waals surface area contributed by atoms with Crippen LogP contribution in [0.2, 0.25) is 0 Å². The molecule has 0 aliphatic carbocycles. The molecule has 1 heterocycles. The van der Waals surface area contributed by atoms with Crippen molar-refractivity contribution in [1.29, 1.82) is 0 Å². The second-order valence-corrected chi connectivity index (χ2v) is 6.26. The van der Waals surface area contributed by atoms with E-state index in [4.69, 9.17) is 4.74 Å². The van der Waals surface area contributed by atoms with Gasteiger partial charge in [0, 0.05) is 5.56 Å². The molecule has 2 aromatic carbocycles. The van der Waals surface area contributed by atoms with Crippen molar-refractivity contribution in [1.82, 2.24) is 5.01 Å². The molecule has 0 fully saturated rings. The first kappa shape index (κ1) is 18.6. The molecule has 3 rings (SSSR count). The van der Waals surface area contributed by atoms with Crippen LogP contribution >= 0.6 is 0 Å². The molecule has 0 aromatic heterocycles. The number of nitrogens with zero attached hydrogens (tertiary/aromatic N) is 2. The minimum atomic E-state index is -1.87. The second kappa shape index (κ2) is 7.20. The van der Waals surface area contributed by atoms with Gasteiger partial charge in [-0.25, -0.2) is 4.79 Å².